The second-order valence-corrected chi connectivity index (χ2v) is 11.5. The number of fused-ring (bicyclic) bond motifs is 8. The lowest BCUT2D eigenvalue weighted by Gasteiger charge is -2.18. The normalized spacial score (nSPS) is 12.0. The van der Waals surface area contributed by atoms with Gasteiger partial charge in [-0.1, -0.05) is 109 Å². The molecule has 0 aliphatic carbocycles. The van der Waals surface area contributed by atoms with Gasteiger partial charge in [0.2, 0.25) is 0 Å². The Hall–Kier alpha value is -4.92. The molecule has 0 amide bonds. The second-order valence-electron chi connectivity index (χ2n) is 10.4. The molecular weight excluding hydrogens is 504 g/mol. The zero-order chi connectivity index (χ0) is 26.2. The third-order valence-electron chi connectivity index (χ3n) is 8.27. The van der Waals surface area contributed by atoms with E-state index in [0.717, 1.165) is 21.9 Å². The summed E-state index contributed by atoms with van der Waals surface area (Å²) >= 11 is 1.89. The monoisotopic (exact) mass is 526 g/mol. The molecule has 0 aliphatic rings. The van der Waals surface area contributed by atoms with Crippen molar-refractivity contribution in [3.8, 4) is 22.3 Å². The van der Waals surface area contributed by atoms with Crippen LogP contribution in [0, 0.1) is 0 Å². The van der Waals surface area contributed by atoms with E-state index in [1.165, 1.54) is 64.0 Å². The first-order valence-electron chi connectivity index (χ1n) is 13.6. The minimum atomic E-state index is 0.923. The van der Waals surface area contributed by atoms with Crippen LogP contribution in [0.5, 0.6) is 0 Å². The van der Waals surface area contributed by atoms with Crippen LogP contribution in [-0.2, 0) is 0 Å². The summed E-state index contributed by atoms with van der Waals surface area (Å²) in [6.07, 6.45) is 0. The van der Waals surface area contributed by atoms with Crippen LogP contribution in [0.3, 0.4) is 0 Å². The summed E-state index contributed by atoms with van der Waals surface area (Å²) in [4.78, 5) is 0. The molecule has 2 aromatic heterocycles. The van der Waals surface area contributed by atoms with Crippen molar-refractivity contribution in [3.05, 3.63) is 133 Å². The maximum atomic E-state index is 6.16. The van der Waals surface area contributed by atoms with Gasteiger partial charge in [0.1, 0.15) is 11.2 Å². The standard InChI is InChI=1S/C38H22OS/c1-3-14-28-26(12-1)36(23-20-21-34-32(22-23)24-10-5-7-18-33(24)39-34)27-13-2-4-15-29(27)37(28)31-17-9-16-30-25-11-6-8-19-35(25)40-38(30)31/h1-22H. The Kier molecular flexibility index (Phi) is 4.55. The third kappa shape index (κ3) is 3.03. The lowest BCUT2D eigenvalue weighted by Crippen LogP contribution is -1.91. The minimum Gasteiger partial charge on any atom is -0.456 e. The molecule has 0 radical (unpaired) electrons. The van der Waals surface area contributed by atoms with Gasteiger partial charge in [0.15, 0.2) is 0 Å². The topological polar surface area (TPSA) is 13.1 Å². The number of furan rings is 1. The van der Waals surface area contributed by atoms with Crippen LogP contribution < -0.4 is 0 Å². The number of thiophene rings is 1. The molecule has 40 heavy (non-hydrogen) atoms. The first kappa shape index (κ1) is 22.0. The van der Waals surface area contributed by atoms with Gasteiger partial charge >= 0.3 is 0 Å². The van der Waals surface area contributed by atoms with Crippen LogP contribution in [0.2, 0.25) is 0 Å². The molecule has 0 saturated carbocycles. The van der Waals surface area contributed by atoms with Crippen molar-refractivity contribution in [3.63, 3.8) is 0 Å². The molecule has 1 nitrogen and oxygen atoms in total. The highest BCUT2D eigenvalue weighted by Gasteiger charge is 2.19. The van der Waals surface area contributed by atoms with Crippen LogP contribution in [0.25, 0.3) is 85.9 Å². The van der Waals surface area contributed by atoms with E-state index in [1.54, 1.807) is 0 Å². The Balaban J connectivity index is 1.42. The van der Waals surface area contributed by atoms with E-state index >= 15 is 0 Å². The maximum Gasteiger partial charge on any atom is 0.135 e. The van der Waals surface area contributed by atoms with Gasteiger partial charge < -0.3 is 4.42 Å². The average Bonchev–Trinajstić information content (AvgIpc) is 3.58. The highest BCUT2D eigenvalue weighted by atomic mass is 32.1. The third-order valence-corrected chi connectivity index (χ3v) is 9.49. The van der Waals surface area contributed by atoms with E-state index in [4.69, 9.17) is 4.42 Å². The van der Waals surface area contributed by atoms with Gasteiger partial charge in [0, 0.05) is 36.5 Å². The van der Waals surface area contributed by atoms with Crippen molar-refractivity contribution in [1.29, 1.82) is 0 Å². The minimum absolute atomic E-state index is 0.923. The number of rotatable bonds is 2. The van der Waals surface area contributed by atoms with Crippen molar-refractivity contribution < 1.29 is 4.42 Å². The lowest BCUT2D eigenvalue weighted by atomic mass is 9.85. The molecule has 0 aliphatic heterocycles. The Morgan fingerprint density at radius 3 is 1.73 bits per heavy atom. The van der Waals surface area contributed by atoms with Gasteiger partial charge in [0.25, 0.3) is 0 Å². The van der Waals surface area contributed by atoms with Crippen LogP contribution in [0.1, 0.15) is 0 Å². The largest absolute Gasteiger partial charge is 0.456 e. The summed E-state index contributed by atoms with van der Waals surface area (Å²) in [6, 6.07) is 48.3. The summed E-state index contributed by atoms with van der Waals surface area (Å²) in [5, 5.41) is 10.0. The molecule has 0 fully saturated rings. The van der Waals surface area contributed by atoms with Gasteiger partial charge in [-0.15, -0.1) is 11.3 Å². The van der Waals surface area contributed by atoms with E-state index in [-0.39, 0.29) is 0 Å². The zero-order valence-electron chi connectivity index (χ0n) is 21.5. The number of hydrogen-bond acceptors (Lipinski definition) is 2. The van der Waals surface area contributed by atoms with Gasteiger partial charge in [-0.25, -0.2) is 0 Å². The van der Waals surface area contributed by atoms with Crippen LogP contribution in [0.15, 0.2) is 138 Å². The molecule has 0 saturated heterocycles. The molecule has 0 bridgehead atoms. The maximum absolute atomic E-state index is 6.16. The Morgan fingerprint density at radius 1 is 0.400 bits per heavy atom. The van der Waals surface area contributed by atoms with E-state index in [2.05, 4.69) is 121 Å². The highest BCUT2D eigenvalue weighted by Crippen LogP contribution is 2.48. The van der Waals surface area contributed by atoms with Crippen LogP contribution in [-0.4, -0.2) is 0 Å². The molecule has 0 atom stereocenters. The van der Waals surface area contributed by atoms with Gasteiger partial charge in [-0.05, 0) is 62.5 Å². The summed E-state index contributed by atoms with van der Waals surface area (Å²) in [5.41, 5.74) is 6.93. The van der Waals surface area contributed by atoms with Crippen molar-refractivity contribution in [2.24, 2.45) is 0 Å². The van der Waals surface area contributed by atoms with Crippen molar-refractivity contribution in [1.82, 2.24) is 0 Å². The summed E-state index contributed by atoms with van der Waals surface area (Å²) in [7, 11) is 0. The van der Waals surface area contributed by atoms with E-state index in [9.17, 15) is 0 Å². The van der Waals surface area contributed by atoms with E-state index < -0.39 is 0 Å². The lowest BCUT2D eigenvalue weighted by molar-refractivity contribution is 0.669. The molecule has 9 rings (SSSR count). The summed E-state index contributed by atoms with van der Waals surface area (Å²) in [5.74, 6) is 0. The Labute approximate surface area is 234 Å². The van der Waals surface area contributed by atoms with Crippen molar-refractivity contribution >= 4 is 75.0 Å². The van der Waals surface area contributed by atoms with Crippen LogP contribution in [0.4, 0.5) is 0 Å². The van der Waals surface area contributed by atoms with Gasteiger partial charge in [0.05, 0.1) is 0 Å². The van der Waals surface area contributed by atoms with Gasteiger partial charge in [-0.2, -0.15) is 0 Å². The molecule has 7 aromatic carbocycles. The zero-order valence-corrected chi connectivity index (χ0v) is 22.3. The van der Waals surface area contributed by atoms with Crippen molar-refractivity contribution in [2.75, 3.05) is 0 Å². The molecule has 2 heteroatoms. The fourth-order valence-electron chi connectivity index (χ4n) is 6.56. The summed E-state index contributed by atoms with van der Waals surface area (Å²) in [6.45, 7) is 0. The SMILES string of the molecule is c1ccc2c(c1)oc1ccc(-c3c4ccccc4c(-c4cccc5c4sc4ccccc45)c4ccccc34)cc12. The molecule has 9 aromatic rings. The Morgan fingerprint density at radius 2 is 0.975 bits per heavy atom. The van der Waals surface area contributed by atoms with Crippen molar-refractivity contribution in [2.45, 2.75) is 0 Å². The fraction of sp³-hybridized carbons (Fsp3) is 0. The molecule has 0 N–H and O–H groups in total. The molecular formula is C38H22OS. The average molecular weight is 527 g/mol. The predicted molar refractivity (Wildman–Crippen MR) is 172 cm³/mol. The number of para-hydroxylation sites is 1. The predicted octanol–water partition coefficient (Wildman–Crippen LogP) is 11.6. The second kappa shape index (κ2) is 8.29. The number of hydrogen-bond donors (Lipinski definition) is 0. The molecule has 186 valence electrons. The van der Waals surface area contributed by atoms with Gasteiger partial charge in [-0.3, -0.25) is 0 Å². The van der Waals surface area contributed by atoms with E-state index in [1.807, 2.05) is 23.5 Å². The molecule has 0 spiro atoms. The summed E-state index contributed by atoms with van der Waals surface area (Å²) < 4.78 is 8.84. The molecule has 2 heterocycles. The smallest absolute Gasteiger partial charge is 0.135 e. The highest BCUT2D eigenvalue weighted by molar-refractivity contribution is 7.26. The Bertz CT molecular complexity index is 2380. The number of benzene rings is 7. The van der Waals surface area contributed by atoms with E-state index in [0.29, 0.717) is 0 Å². The first-order valence-corrected chi connectivity index (χ1v) is 14.4. The van der Waals surface area contributed by atoms with Crippen LogP contribution >= 0.6 is 11.3 Å². The molecule has 0 unspecified atom stereocenters. The quantitative estimate of drug-likeness (QED) is 0.204. The first-order chi connectivity index (χ1) is 19.8. The fourth-order valence-corrected chi connectivity index (χ4v) is 7.78.